The van der Waals surface area contributed by atoms with Gasteiger partial charge in [0.05, 0.1) is 7.11 Å². The van der Waals surface area contributed by atoms with Crippen molar-refractivity contribution in [3.63, 3.8) is 0 Å². The molecule has 2 aromatic rings. The number of aromatic nitrogens is 2. The van der Waals surface area contributed by atoms with Crippen LogP contribution in [0.3, 0.4) is 0 Å². The Morgan fingerprint density at radius 1 is 1.15 bits per heavy atom. The van der Waals surface area contributed by atoms with Crippen molar-refractivity contribution < 1.29 is 4.74 Å². The maximum absolute atomic E-state index is 5.21. The molecule has 0 atom stereocenters. The molecule has 0 saturated carbocycles. The van der Waals surface area contributed by atoms with Crippen molar-refractivity contribution in [2.45, 2.75) is 13.8 Å². The molecule has 1 N–H and O–H groups in total. The van der Waals surface area contributed by atoms with Crippen molar-refractivity contribution in [2.75, 3.05) is 30.4 Å². The summed E-state index contributed by atoms with van der Waals surface area (Å²) in [4.78, 5) is 10.7. The molecule has 0 bridgehead atoms. The molecule has 0 amide bonds. The molecule has 1 heterocycles. The van der Waals surface area contributed by atoms with Crippen LogP contribution in [0.5, 0.6) is 5.75 Å². The predicted octanol–water partition coefficient (Wildman–Crippen LogP) is 3.08. The monoisotopic (exact) mass is 272 g/mol. The second kappa shape index (κ2) is 6.75. The number of hydrogen-bond acceptors (Lipinski definition) is 5. The van der Waals surface area contributed by atoms with Crippen molar-refractivity contribution in [1.29, 1.82) is 0 Å². The highest BCUT2D eigenvalue weighted by atomic mass is 16.5. The maximum atomic E-state index is 5.21. The molecule has 0 aliphatic rings. The summed E-state index contributed by atoms with van der Waals surface area (Å²) in [5, 5.41) is 3.26. The van der Waals surface area contributed by atoms with E-state index in [1.54, 1.807) is 13.4 Å². The normalized spacial score (nSPS) is 10.2. The van der Waals surface area contributed by atoms with Gasteiger partial charge in [0, 0.05) is 30.9 Å². The van der Waals surface area contributed by atoms with Crippen molar-refractivity contribution in [3.05, 3.63) is 36.7 Å². The molecule has 0 spiro atoms. The second-order valence-corrected chi connectivity index (χ2v) is 4.29. The van der Waals surface area contributed by atoms with Gasteiger partial charge in [-0.05, 0) is 26.0 Å². The molecule has 5 heteroatoms. The molecular weight excluding hydrogens is 252 g/mol. The summed E-state index contributed by atoms with van der Waals surface area (Å²) in [5.74, 6) is 2.51. The fourth-order valence-corrected chi connectivity index (χ4v) is 1.98. The lowest BCUT2D eigenvalue weighted by atomic mass is 10.3. The fraction of sp³-hybridized carbons (Fsp3) is 0.333. The number of rotatable bonds is 6. The molecule has 1 aromatic heterocycles. The van der Waals surface area contributed by atoms with Crippen LogP contribution in [0, 0.1) is 0 Å². The Morgan fingerprint density at radius 3 is 2.65 bits per heavy atom. The second-order valence-electron chi connectivity index (χ2n) is 4.29. The Morgan fingerprint density at radius 2 is 1.95 bits per heavy atom. The number of nitrogens with one attached hydrogen (secondary N) is 1. The molecular formula is C15H20N4O. The van der Waals surface area contributed by atoms with E-state index in [2.05, 4.69) is 34.0 Å². The maximum Gasteiger partial charge on any atom is 0.135 e. The average Bonchev–Trinajstić information content (AvgIpc) is 2.49. The zero-order valence-corrected chi connectivity index (χ0v) is 12.1. The van der Waals surface area contributed by atoms with Crippen molar-refractivity contribution in [2.24, 2.45) is 0 Å². The third-order valence-electron chi connectivity index (χ3n) is 3.08. The van der Waals surface area contributed by atoms with Crippen molar-refractivity contribution >= 4 is 17.3 Å². The van der Waals surface area contributed by atoms with Gasteiger partial charge in [-0.15, -0.1) is 0 Å². The lowest BCUT2D eigenvalue weighted by Crippen LogP contribution is -2.23. The van der Waals surface area contributed by atoms with Gasteiger partial charge in [-0.25, -0.2) is 9.97 Å². The molecule has 20 heavy (non-hydrogen) atoms. The van der Waals surface area contributed by atoms with E-state index in [0.29, 0.717) is 0 Å². The van der Waals surface area contributed by atoms with Gasteiger partial charge in [-0.3, -0.25) is 0 Å². The zero-order chi connectivity index (χ0) is 14.4. The summed E-state index contributed by atoms with van der Waals surface area (Å²) in [6, 6.07) is 9.70. The number of nitrogens with zero attached hydrogens (tertiary/aromatic N) is 3. The molecule has 0 saturated heterocycles. The minimum Gasteiger partial charge on any atom is -0.497 e. The summed E-state index contributed by atoms with van der Waals surface area (Å²) >= 11 is 0. The molecule has 0 unspecified atom stereocenters. The highest BCUT2D eigenvalue weighted by Crippen LogP contribution is 2.21. The van der Waals surface area contributed by atoms with Gasteiger partial charge in [0.1, 0.15) is 23.7 Å². The van der Waals surface area contributed by atoms with Crippen LogP contribution in [-0.4, -0.2) is 30.2 Å². The number of benzene rings is 1. The van der Waals surface area contributed by atoms with Crippen LogP contribution >= 0.6 is 0 Å². The summed E-state index contributed by atoms with van der Waals surface area (Å²) in [5.41, 5.74) is 0.938. The third-order valence-corrected chi connectivity index (χ3v) is 3.08. The Balaban J connectivity index is 2.18. The Kier molecular flexibility index (Phi) is 4.76. The van der Waals surface area contributed by atoms with Gasteiger partial charge in [-0.2, -0.15) is 0 Å². The summed E-state index contributed by atoms with van der Waals surface area (Å²) in [6.07, 6.45) is 1.58. The van der Waals surface area contributed by atoms with Crippen LogP contribution in [0.2, 0.25) is 0 Å². The standard InChI is InChI=1S/C15H20N4O/c1-4-19(5-2)15-10-14(16-11-17-15)18-12-7-6-8-13(9-12)20-3/h6-11H,4-5H2,1-3H3,(H,16,17,18). The molecule has 0 aliphatic carbocycles. The summed E-state index contributed by atoms with van der Waals surface area (Å²) < 4.78 is 5.21. The van der Waals surface area contributed by atoms with Gasteiger partial charge in [0.25, 0.3) is 0 Å². The smallest absolute Gasteiger partial charge is 0.135 e. The number of hydrogen-bond donors (Lipinski definition) is 1. The van der Waals surface area contributed by atoms with E-state index in [1.807, 2.05) is 30.3 Å². The summed E-state index contributed by atoms with van der Waals surface area (Å²) in [6.45, 7) is 6.07. The SMILES string of the molecule is CCN(CC)c1cc(Nc2cccc(OC)c2)ncn1. The Bertz CT molecular complexity index is 555. The number of ether oxygens (including phenoxy) is 1. The topological polar surface area (TPSA) is 50.3 Å². The molecule has 2 rings (SSSR count). The van der Waals surface area contributed by atoms with Crippen LogP contribution in [0.25, 0.3) is 0 Å². The lowest BCUT2D eigenvalue weighted by molar-refractivity contribution is 0.415. The van der Waals surface area contributed by atoms with Crippen LogP contribution in [0.4, 0.5) is 17.3 Å². The molecule has 106 valence electrons. The van der Waals surface area contributed by atoms with E-state index < -0.39 is 0 Å². The Hall–Kier alpha value is -2.30. The largest absolute Gasteiger partial charge is 0.497 e. The van der Waals surface area contributed by atoms with E-state index in [1.165, 1.54) is 0 Å². The first-order chi connectivity index (χ1) is 9.76. The van der Waals surface area contributed by atoms with Crippen molar-refractivity contribution in [3.8, 4) is 5.75 Å². The van der Waals surface area contributed by atoms with E-state index in [4.69, 9.17) is 4.74 Å². The van der Waals surface area contributed by atoms with E-state index in [0.717, 1.165) is 36.2 Å². The van der Waals surface area contributed by atoms with Crippen molar-refractivity contribution in [1.82, 2.24) is 9.97 Å². The van der Waals surface area contributed by atoms with E-state index >= 15 is 0 Å². The number of methoxy groups -OCH3 is 1. The Labute approximate surface area is 119 Å². The molecule has 0 aliphatic heterocycles. The first-order valence-electron chi connectivity index (χ1n) is 6.74. The van der Waals surface area contributed by atoms with Crippen LogP contribution in [0.1, 0.15) is 13.8 Å². The predicted molar refractivity (Wildman–Crippen MR) is 81.9 cm³/mol. The molecule has 0 radical (unpaired) electrons. The van der Waals surface area contributed by atoms with Gasteiger partial charge >= 0.3 is 0 Å². The van der Waals surface area contributed by atoms with Crippen LogP contribution in [-0.2, 0) is 0 Å². The fourth-order valence-electron chi connectivity index (χ4n) is 1.98. The van der Waals surface area contributed by atoms with E-state index in [9.17, 15) is 0 Å². The highest BCUT2D eigenvalue weighted by molar-refractivity contribution is 5.60. The first-order valence-corrected chi connectivity index (χ1v) is 6.74. The quantitative estimate of drug-likeness (QED) is 0.875. The molecule has 5 nitrogen and oxygen atoms in total. The average molecular weight is 272 g/mol. The minimum atomic E-state index is 0.773. The van der Waals surface area contributed by atoms with Crippen LogP contribution in [0.15, 0.2) is 36.7 Å². The van der Waals surface area contributed by atoms with Crippen LogP contribution < -0.4 is 15.0 Å². The van der Waals surface area contributed by atoms with Gasteiger partial charge in [-0.1, -0.05) is 6.07 Å². The van der Waals surface area contributed by atoms with E-state index in [-0.39, 0.29) is 0 Å². The lowest BCUT2D eigenvalue weighted by Gasteiger charge is -2.19. The van der Waals surface area contributed by atoms with Gasteiger partial charge in [0.15, 0.2) is 0 Å². The highest BCUT2D eigenvalue weighted by Gasteiger charge is 2.05. The minimum absolute atomic E-state index is 0.773. The molecule has 1 aromatic carbocycles. The first kappa shape index (κ1) is 14.1. The third kappa shape index (κ3) is 3.38. The summed E-state index contributed by atoms with van der Waals surface area (Å²) in [7, 11) is 1.66. The zero-order valence-electron chi connectivity index (χ0n) is 12.1. The number of anilines is 3. The van der Waals surface area contributed by atoms with Gasteiger partial charge < -0.3 is 15.0 Å². The molecule has 0 fully saturated rings. The van der Waals surface area contributed by atoms with Gasteiger partial charge in [0.2, 0.25) is 0 Å².